The van der Waals surface area contributed by atoms with Crippen molar-refractivity contribution in [1.82, 2.24) is 0 Å². The third-order valence-electron chi connectivity index (χ3n) is 3.84. The van der Waals surface area contributed by atoms with Crippen molar-refractivity contribution in [3.8, 4) is 0 Å². The molecule has 0 aromatic heterocycles. The molecule has 0 spiro atoms. The quantitative estimate of drug-likeness (QED) is 0.594. The number of rotatable bonds is 3. The van der Waals surface area contributed by atoms with E-state index in [-0.39, 0.29) is 0 Å². The molecule has 1 unspecified atom stereocenters. The van der Waals surface area contributed by atoms with Gasteiger partial charge in [0.05, 0.1) is 0 Å². The van der Waals surface area contributed by atoms with E-state index < -0.39 is 0 Å². The van der Waals surface area contributed by atoms with Crippen LogP contribution in [0.3, 0.4) is 0 Å². The highest BCUT2D eigenvalue weighted by Crippen LogP contribution is 2.46. The third kappa shape index (κ3) is 3.00. The van der Waals surface area contributed by atoms with E-state index in [0.717, 1.165) is 11.8 Å². The summed E-state index contributed by atoms with van der Waals surface area (Å²) in [5.74, 6) is 1.57. The first-order chi connectivity index (χ1) is 5.64. The Morgan fingerprint density at radius 3 is 1.38 bits per heavy atom. The first kappa shape index (κ1) is 13.0. The summed E-state index contributed by atoms with van der Waals surface area (Å²) >= 11 is 0. The molecule has 0 bridgehead atoms. The Hall–Kier alpha value is 0. The second-order valence-corrected chi connectivity index (χ2v) is 6.30. The maximum atomic E-state index is 2.41. The van der Waals surface area contributed by atoms with Gasteiger partial charge in [0, 0.05) is 0 Å². The van der Waals surface area contributed by atoms with Gasteiger partial charge in [0.15, 0.2) is 0 Å². The second-order valence-electron chi connectivity index (χ2n) is 6.30. The SMILES string of the molecule is CCC(C(C)(C)C)C(C)(C)C(C)C. The van der Waals surface area contributed by atoms with Gasteiger partial charge in [0.1, 0.15) is 0 Å². The maximum absolute atomic E-state index is 2.41. The van der Waals surface area contributed by atoms with Gasteiger partial charge in [-0.3, -0.25) is 0 Å². The van der Waals surface area contributed by atoms with Crippen LogP contribution in [0.15, 0.2) is 0 Å². The Kier molecular flexibility index (Phi) is 4.02. The van der Waals surface area contributed by atoms with Crippen LogP contribution in [0.1, 0.15) is 61.8 Å². The Balaban J connectivity index is 4.77. The predicted molar refractivity (Wildman–Crippen MR) is 61.9 cm³/mol. The molecule has 13 heavy (non-hydrogen) atoms. The van der Waals surface area contributed by atoms with Gasteiger partial charge >= 0.3 is 0 Å². The van der Waals surface area contributed by atoms with Gasteiger partial charge in [-0.05, 0) is 22.7 Å². The van der Waals surface area contributed by atoms with E-state index in [1.807, 2.05) is 0 Å². The molecule has 80 valence electrons. The van der Waals surface area contributed by atoms with E-state index in [2.05, 4.69) is 55.4 Å². The molecule has 0 saturated carbocycles. The highest BCUT2D eigenvalue weighted by molar-refractivity contribution is 4.87. The van der Waals surface area contributed by atoms with E-state index in [4.69, 9.17) is 0 Å². The van der Waals surface area contributed by atoms with Gasteiger partial charge < -0.3 is 0 Å². The zero-order valence-corrected chi connectivity index (χ0v) is 10.9. The van der Waals surface area contributed by atoms with Crippen LogP contribution < -0.4 is 0 Å². The molecular weight excluding hydrogens is 156 g/mol. The molecule has 0 aromatic rings. The summed E-state index contributed by atoms with van der Waals surface area (Å²) in [5, 5.41) is 0. The minimum atomic E-state index is 0.433. The van der Waals surface area contributed by atoms with Crippen LogP contribution in [-0.4, -0.2) is 0 Å². The molecule has 0 saturated heterocycles. The van der Waals surface area contributed by atoms with Crippen molar-refractivity contribution in [3.05, 3.63) is 0 Å². The van der Waals surface area contributed by atoms with Crippen molar-refractivity contribution in [1.29, 1.82) is 0 Å². The summed E-state index contributed by atoms with van der Waals surface area (Å²) in [6.45, 7) is 18.9. The van der Waals surface area contributed by atoms with Gasteiger partial charge in [-0.25, -0.2) is 0 Å². The largest absolute Gasteiger partial charge is 0.0651 e. The maximum Gasteiger partial charge on any atom is -0.0298 e. The standard InChI is InChI=1S/C13H28/c1-9-11(12(4,5)6)13(7,8)10(2)3/h10-11H,9H2,1-8H3. The topological polar surface area (TPSA) is 0 Å². The van der Waals surface area contributed by atoms with Crippen LogP contribution >= 0.6 is 0 Å². The molecule has 0 heterocycles. The molecule has 0 radical (unpaired) electrons. The van der Waals surface area contributed by atoms with Crippen LogP contribution in [0.4, 0.5) is 0 Å². The molecule has 0 fully saturated rings. The molecule has 0 aliphatic heterocycles. The van der Waals surface area contributed by atoms with Gasteiger partial charge in [-0.15, -0.1) is 0 Å². The molecule has 0 heteroatoms. The van der Waals surface area contributed by atoms with E-state index in [1.165, 1.54) is 6.42 Å². The summed E-state index contributed by atoms with van der Waals surface area (Å²) in [5.41, 5.74) is 0.884. The lowest BCUT2D eigenvalue weighted by atomic mass is 9.60. The lowest BCUT2D eigenvalue weighted by Crippen LogP contribution is -2.37. The molecule has 1 atom stereocenters. The van der Waals surface area contributed by atoms with E-state index in [9.17, 15) is 0 Å². The Labute approximate surface area is 85.1 Å². The van der Waals surface area contributed by atoms with Crippen molar-refractivity contribution < 1.29 is 0 Å². The van der Waals surface area contributed by atoms with Gasteiger partial charge in [-0.1, -0.05) is 61.8 Å². The summed E-state index contributed by atoms with van der Waals surface area (Å²) in [6, 6.07) is 0. The smallest absolute Gasteiger partial charge is 0.0298 e. The Morgan fingerprint density at radius 2 is 1.31 bits per heavy atom. The fraction of sp³-hybridized carbons (Fsp3) is 1.00. The summed E-state index contributed by atoms with van der Waals surface area (Å²) < 4.78 is 0. The third-order valence-corrected chi connectivity index (χ3v) is 3.84. The highest BCUT2D eigenvalue weighted by Gasteiger charge is 2.38. The second kappa shape index (κ2) is 4.02. The first-order valence-corrected chi connectivity index (χ1v) is 5.64. The van der Waals surface area contributed by atoms with Crippen molar-refractivity contribution in [2.75, 3.05) is 0 Å². The van der Waals surface area contributed by atoms with E-state index in [1.54, 1.807) is 0 Å². The fourth-order valence-corrected chi connectivity index (χ4v) is 2.66. The monoisotopic (exact) mass is 184 g/mol. The minimum absolute atomic E-state index is 0.433. The van der Waals surface area contributed by atoms with Gasteiger partial charge in [-0.2, -0.15) is 0 Å². The number of hydrogen-bond donors (Lipinski definition) is 0. The molecule has 0 amide bonds. The Bertz CT molecular complexity index is 146. The van der Waals surface area contributed by atoms with Crippen LogP contribution in [0.5, 0.6) is 0 Å². The van der Waals surface area contributed by atoms with E-state index >= 15 is 0 Å². The van der Waals surface area contributed by atoms with Crippen molar-refractivity contribution in [2.45, 2.75) is 61.8 Å². The fourth-order valence-electron chi connectivity index (χ4n) is 2.66. The number of hydrogen-bond acceptors (Lipinski definition) is 0. The lowest BCUT2D eigenvalue weighted by Gasteiger charge is -2.45. The summed E-state index contributed by atoms with van der Waals surface area (Å²) in [4.78, 5) is 0. The van der Waals surface area contributed by atoms with Crippen LogP contribution in [0.2, 0.25) is 0 Å². The first-order valence-electron chi connectivity index (χ1n) is 5.64. The molecule has 0 N–H and O–H groups in total. The van der Waals surface area contributed by atoms with Crippen LogP contribution in [0, 0.1) is 22.7 Å². The van der Waals surface area contributed by atoms with Crippen molar-refractivity contribution in [2.24, 2.45) is 22.7 Å². The Morgan fingerprint density at radius 1 is 0.923 bits per heavy atom. The zero-order chi connectivity index (χ0) is 10.9. The molecule has 0 aliphatic carbocycles. The van der Waals surface area contributed by atoms with Gasteiger partial charge in [0.25, 0.3) is 0 Å². The predicted octanol–water partition coefficient (Wildman–Crippen LogP) is 4.74. The minimum Gasteiger partial charge on any atom is -0.0651 e. The van der Waals surface area contributed by atoms with Crippen LogP contribution in [-0.2, 0) is 0 Å². The molecular formula is C13H28. The average Bonchev–Trinajstić information content (AvgIpc) is 1.83. The summed E-state index contributed by atoms with van der Waals surface area (Å²) in [6.07, 6.45) is 1.29. The average molecular weight is 184 g/mol. The van der Waals surface area contributed by atoms with Crippen molar-refractivity contribution in [3.63, 3.8) is 0 Å². The highest BCUT2D eigenvalue weighted by atomic mass is 14.4. The molecule has 0 aromatic carbocycles. The summed E-state index contributed by atoms with van der Waals surface area (Å²) in [7, 11) is 0. The molecule has 0 rings (SSSR count). The molecule has 0 nitrogen and oxygen atoms in total. The normalized spacial score (nSPS) is 16.4. The van der Waals surface area contributed by atoms with Crippen LogP contribution in [0.25, 0.3) is 0 Å². The zero-order valence-electron chi connectivity index (χ0n) is 10.9. The van der Waals surface area contributed by atoms with Gasteiger partial charge in [0.2, 0.25) is 0 Å². The van der Waals surface area contributed by atoms with Crippen molar-refractivity contribution >= 4 is 0 Å². The lowest BCUT2D eigenvalue weighted by molar-refractivity contribution is 0.0419. The van der Waals surface area contributed by atoms with E-state index in [0.29, 0.717) is 10.8 Å². The molecule has 0 aliphatic rings.